The molecule has 0 saturated heterocycles. The molecule has 1 aromatic rings. The smallest absolute Gasteiger partial charge is 0.269 e. The fourth-order valence-corrected chi connectivity index (χ4v) is 2.79. The molecule has 0 bridgehead atoms. The molecule has 98 valence electrons. The highest BCUT2D eigenvalue weighted by Gasteiger charge is 2.29. The Hall–Kier alpha value is -1.42. The van der Waals surface area contributed by atoms with E-state index >= 15 is 0 Å². The first-order valence-corrected chi connectivity index (χ1v) is 6.52. The number of hydrogen-bond donors (Lipinski definition) is 1. The molecule has 0 heterocycles. The Morgan fingerprint density at radius 2 is 1.83 bits per heavy atom. The van der Waals surface area contributed by atoms with Gasteiger partial charge in [-0.1, -0.05) is 25.0 Å². The Kier molecular flexibility index (Phi) is 3.66. The molecule has 1 aromatic carbocycles. The molecule has 0 aliphatic heterocycles. The summed E-state index contributed by atoms with van der Waals surface area (Å²) in [4.78, 5) is 10.2. The SMILES string of the molecule is CC(NC1(C)CCCC1)c1ccc([N+](=O)[O-])cc1. The molecule has 4 nitrogen and oxygen atoms in total. The van der Waals surface area contributed by atoms with Crippen LogP contribution in [0.1, 0.15) is 51.1 Å². The van der Waals surface area contributed by atoms with Crippen molar-refractivity contribution in [3.05, 3.63) is 39.9 Å². The van der Waals surface area contributed by atoms with Crippen LogP contribution in [0.25, 0.3) is 0 Å². The molecule has 4 heteroatoms. The molecule has 18 heavy (non-hydrogen) atoms. The summed E-state index contributed by atoms with van der Waals surface area (Å²) in [6.07, 6.45) is 5.00. The normalized spacial score (nSPS) is 19.7. The predicted octanol–water partition coefficient (Wildman–Crippen LogP) is 3.58. The topological polar surface area (TPSA) is 55.2 Å². The van der Waals surface area contributed by atoms with E-state index in [1.54, 1.807) is 12.1 Å². The molecule has 1 saturated carbocycles. The van der Waals surface area contributed by atoms with E-state index < -0.39 is 0 Å². The van der Waals surface area contributed by atoms with Gasteiger partial charge in [-0.05, 0) is 32.3 Å². The number of benzene rings is 1. The first-order chi connectivity index (χ1) is 8.50. The molecule has 1 aliphatic carbocycles. The fraction of sp³-hybridized carbons (Fsp3) is 0.571. The van der Waals surface area contributed by atoms with Gasteiger partial charge >= 0.3 is 0 Å². The van der Waals surface area contributed by atoms with Gasteiger partial charge in [0.05, 0.1) is 4.92 Å². The van der Waals surface area contributed by atoms with Crippen molar-refractivity contribution in [3.8, 4) is 0 Å². The summed E-state index contributed by atoms with van der Waals surface area (Å²) in [6.45, 7) is 4.38. The maximum absolute atomic E-state index is 10.6. The lowest BCUT2D eigenvalue weighted by atomic mass is 9.97. The second kappa shape index (κ2) is 5.06. The third-order valence-electron chi connectivity index (χ3n) is 3.88. The average molecular weight is 248 g/mol. The zero-order valence-electron chi connectivity index (χ0n) is 11.0. The Bertz CT molecular complexity index is 422. The molecule has 1 unspecified atom stereocenters. The highest BCUT2D eigenvalue weighted by molar-refractivity contribution is 5.34. The van der Waals surface area contributed by atoms with Gasteiger partial charge in [-0.3, -0.25) is 10.1 Å². The van der Waals surface area contributed by atoms with E-state index in [2.05, 4.69) is 19.2 Å². The number of nitrogens with one attached hydrogen (secondary N) is 1. The summed E-state index contributed by atoms with van der Waals surface area (Å²) in [5.74, 6) is 0. The van der Waals surface area contributed by atoms with Crippen LogP contribution in [0.4, 0.5) is 5.69 Å². The highest BCUT2D eigenvalue weighted by Crippen LogP contribution is 2.31. The van der Waals surface area contributed by atoms with E-state index in [-0.39, 0.29) is 22.2 Å². The molecule has 0 radical (unpaired) electrons. The quantitative estimate of drug-likeness (QED) is 0.654. The Balaban J connectivity index is 2.04. The van der Waals surface area contributed by atoms with Gasteiger partial charge in [0.25, 0.3) is 5.69 Å². The van der Waals surface area contributed by atoms with Crippen LogP contribution in [-0.2, 0) is 0 Å². The molecule has 0 amide bonds. The maximum Gasteiger partial charge on any atom is 0.269 e. The summed E-state index contributed by atoms with van der Waals surface area (Å²) >= 11 is 0. The Morgan fingerprint density at radius 3 is 2.33 bits per heavy atom. The first-order valence-electron chi connectivity index (χ1n) is 6.52. The van der Waals surface area contributed by atoms with Crippen molar-refractivity contribution >= 4 is 5.69 Å². The van der Waals surface area contributed by atoms with Gasteiger partial charge in [-0.25, -0.2) is 0 Å². The van der Waals surface area contributed by atoms with Crippen LogP contribution in [0.3, 0.4) is 0 Å². The molecular weight excluding hydrogens is 228 g/mol. The molecular formula is C14H20N2O2. The number of nitro benzene ring substituents is 1. The minimum Gasteiger partial charge on any atom is -0.305 e. The van der Waals surface area contributed by atoms with Crippen molar-refractivity contribution in [1.29, 1.82) is 0 Å². The van der Waals surface area contributed by atoms with Crippen LogP contribution in [-0.4, -0.2) is 10.5 Å². The number of nitro groups is 1. The van der Waals surface area contributed by atoms with Crippen LogP contribution in [0.2, 0.25) is 0 Å². The monoisotopic (exact) mass is 248 g/mol. The van der Waals surface area contributed by atoms with Gasteiger partial charge in [0, 0.05) is 23.7 Å². The van der Waals surface area contributed by atoms with Crippen molar-refractivity contribution < 1.29 is 4.92 Å². The van der Waals surface area contributed by atoms with Crippen molar-refractivity contribution in [2.75, 3.05) is 0 Å². The molecule has 1 N–H and O–H groups in total. The van der Waals surface area contributed by atoms with Crippen molar-refractivity contribution in [3.63, 3.8) is 0 Å². The lowest BCUT2D eigenvalue weighted by Crippen LogP contribution is -2.40. The first kappa shape index (κ1) is 13.0. The van der Waals surface area contributed by atoms with Crippen molar-refractivity contribution in [1.82, 2.24) is 5.32 Å². The number of non-ortho nitro benzene ring substituents is 1. The third kappa shape index (κ3) is 2.88. The van der Waals surface area contributed by atoms with Gasteiger partial charge in [0.1, 0.15) is 0 Å². The second-order valence-electron chi connectivity index (χ2n) is 5.48. The number of rotatable bonds is 4. The van der Waals surface area contributed by atoms with Gasteiger partial charge < -0.3 is 5.32 Å². The Morgan fingerprint density at radius 1 is 1.28 bits per heavy atom. The van der Waals surface area contributed by atoms with Crippen molar-refractivity contribution in [2.24, 2.45) is 0 Å². The van der Waals surface area contributed by atoms with E-state index in [0.717, 1.165) is 5.56 Å². The average Bonchev–Trinajstić information content (AvgIpc) is 2.76. The third-order valence-corrected chi connectivity index (χ3v) is 3.88. The van der Waals surface area contributed by atoms with Gasteiger partial charge in [0.2, 0.25) is 0 Å². The predicted molar refractivity (Wildman–Crippen MR) is 71.5 cm³/mol. The largest absolute Gasteiger partial charge is 0.305 e. The fourth-order valence-electron chi connectivity index (χ4n) is 2.79. The summed E-state index contributed by atoms with van der Waals surface area (Å²) in [5, 5.41) is 14.3. The van der Waals surface area contributed by atoms with E-state index in [1.165, 1.54) is 25.7 Å². The van der Waals surface area contributed by atoms with Crippen LogP contribution in [0.15, 0.2) is 24.3 Å². The minimum absolute atomic E-state index is 0.151. The highest BCUT2D eigenvalue weighted by atomic mass is 16.6. The lowest BCUT2D eigenvalue weighted by Gasteiger charge is -2.30. The summed E-state index contributed by atoms with van der Waals surface area (Å²) in [5.41, 5.74) is 1.48. The van der Waals surface area contributed by atoms with Crippen LogP contribution < -0.4 is 5.32 Å². The van der Waals surface area contributed by atoms with Crippen LogP contribution >= 0.6 is 0 Å². The standard InChI is InChI=1S/C14H20N2O2/c1-11(15-14(2)9-3-4-10-14)12-5-7-13(8-6-12)16(17)18/h5-8,11,15H,3-4,9-10H2,1-2H3. The molecule has 1 fully saturated rings. The summed E-state index contributed by atoms with van der Waals surface area (Å²) in [7, 11) is 0. The van der Waals surface area contributed by atoms with Crippen LogP contribution in [0, 0.1) is 10.1 Å². The van der Waals surface area contributed by atoms with Crippen LogP contribution in [0.5, 0.6) is 0 Å². The van der Waals surface area contributed by atoms with Crippen molar-refractivity contribution in [2.45, 2.75) is 51.1 Å². The summed E-state index contributed by atoms with van der Waals surface area (Å²) < 4.78 is 0. The molecule has 0 aromatic heterocycles. The number of hydrogen-bond acceptors (Lipinski definition) is 3. The van der Waals surface area contributed by atoms with Gasteiger partial charge in [0.15, 0.2) is 0 Å². The van der Waals surface area contributed by atoms with Gasteiger partial charge in [-0.15, -0.1) is 0 Å². The zero-order chi connectivity index (χ0) is 13.2. The molecule has 2 rings (SSSR count). The number of nitrogens with zero attached hydrogens (tertiary/aromatic N) is 1. The summed E-state index contributed by atoms with van der Waals surface area (Å²) in [6, 6.07) is 7.06. The maximum atomic E-state index is 10.6. The molecule has 0 spiro atoms. The zero-order valence-corrected chi connectivity index (χ0v) is 11.0. The van der Waals surface area contributed by atoms with E-state index in [0.29, 0.717) is 0 Å². The van der Waals surface area contributed by atoms with Gasteiger partial charge in [-0.2, -0.15) is 0 Å². The second-order valence-corrected chi connectivity index (χ2v) is 5.48. The molecule has 1 aliphatic rings. The molecule has 1 atom stereocenters. The lowest BCUT2D eigenvalue weighted by molar-refractivity contribution is -0.384. The Labute approximate surface area is 108 Å². The van der Waals surface area contributed by atoms with E-state index in [4.69, 9.17) is 0 Å². The minimum atomic E-state index is -0.361. The van der Waals surface area contributed by atoms with E-state index in [1.807, 2.05) is 12.1 Å². The van der Waals surface area contributed by atoms with E-state index in [9.17, 15) is 10.1 Å².